The van der Waals surface area contributed by atoms with Gasteiger partial charge in [-0.1, -0.05) is 42.0 Å². The Balaban J connectivity index is 1.95. The van der Waals surface area contributed by atoms with E-state index >= 15 is 0 Å². The van der Waals surface area contributed by atoms with Gasteiger partial charge in [0.25, 0.3) is 5.91 Å². The number of H-pyrrole nitrogens is 1. The number of carbonyl (C=O) groups excluding carboxylic acids is 1. The largest absolute Gasteiger partial charge is 0.507 e. The molecule has 0 bridgehead atoms. The van der Waals surface area contributed by atoms with Crippen LogP contribution in [0.2, 0.25) is 0 Å². The normalized spacial score (nSPS) is 15.8. The molecule has 0 aliphatic carbocycles. The van der Waals surface area contributed by atoms with Gasteiger partial charge in [-0.2, -0.15) is 5.10 Å². The Morgan fingerprint density at radius 1 is 1.18 bits per heavy atom. The summed E-state index contributed by atoms with van der Waals surface area (Å²) < 4.78 is 0. The smallest absolute Gasteiger partial charge is 0.273 e. The number of aromatic hydroxyl groups is 1. The Hall–Kier alpha value is -3.34. The van der Waals surface area contributed by atoms with E-state index in [1.54, 1.807) is 17.0 Å². The summed E-state index contributed by atoms with van der Waals surface area (Å²) in [5.41, 5.74) is 6.62. The second-order valence-corrected chi connectivity index (χ2v) is 7.40. The van der Waals surface area contributed by atoms with E-state index in [0.29, 0.717) is 23.5 Å². The number of hydrogen-bond donors (Lipinski definition) is 2. The van der Waals surface area contributed by atoms with Crippen LogP contribution in [0.25, 0.3) is 11.3 Å². The van der Waals surface area contributed by atoms with E-state index in [1.165, 1.54) is 0 Å². The van der Waals surface area contributed by atoms with Crippen molar-refractivity contribution in [2.24, 2.45) is 0 Å². The average molecular weight is 373 g/mol. The van der Waals surface area contributed by atoms with Gasteiger partial charge in [-0.25, -0.2) is 0 Å². The van der Waals surface area contributed by atoms with E-state index in [-0.39, 0.29) is 17.7 Å². The molecule has 0 radical (unpaired) electrons. The van der Waals surface area contributed by atoms with Crippen molar-refractivity contribution in [3.63, 3.8) is 0 Å². The minimum Gasteiger partial charge on any atom is -0.507 e. The Morgan fingerprint density at radius 3 is 2.54 bits per heavy atom. The average Bonchev–Trinajstić information content (AvgIpc) is 3.16. The summed E-state index contributed by atoms with van der Waals surface area (Å²) in [6.07, 6.45) is 1.73. The van der Waals surface area contributed by atoms with E-state index in [4.69, 9.17) is 0 Å². The fraction of sp³-hybridized carbons (Fsp3) is 0.217. The van der Waals surface area contributed by atoms with Gasteiger partial charge in [0.15, 0.2) is 0 Å². The molecule has 1 aromatic heterocycles. The first kappa shape index (κ1) is 18.0. The quantitative estimate of drug-likeness (QED) is 0.664. The van der Waals surface area contributed by atoms with Crippen molar-refractivity contribution in [3.05, 3.63) is 82.6 Å². The van der Waals surface area contributed by atoms with Gasteiger partial charge in [0.05, 0.1) is 6.04 Å². The predicted octanol–water partition coefficient (Wildman–Crippen LogP) is 4.44. The molecule has 4 rings (SSSR count). The highest BCUT2D eigenvalue weighted by Crippen LogP contribution is 2.45. The summed E-state index contributed by atoms with van der Waals surface area (Å²) in [6.45, 7) is 10.2. The van der Waals surface area contributed by atoms with E-state index in [1.807, 2.05) is 51.1 Å². The van der Waals surface area contributed by atoms with Crippen LogP contribution < -0.4 is 0 Å². The molecule has 0 spiro atoms. The maximum atomic E-state index is 13.1. The molecule has 5 heteroatoms. The summed E-state index contributed by atoms with van der Waals surface area (Å²) in [4.78, 5) is 14.8. The molecule has 1 amide bonds. The molecule has 0 unspecified atom stereocenters. The zero-order valence-corrected chi connectivity index (χ0v) is 16.3. The van der Waals surface area contributed by atoms with Crippen molar-refractivity contribution in [1.29, 1.82) is 0 Å². The summed E-state index contributed by atoms with van der Waals surface area (Å²) in [5.74, 6) is 0.0626. The standard InChI is InChI=1S/C23H23N3O2/c1-5-10-26-22(16-8-6-13(2)7-9-16)19-20(24-25-21(19)23(26)28)18-15(4)11-14(3)12-17(18)27/h5-9,11-12,22,27H,1,10H2,2-4H3,(H,24,25)/t22-/m0/s1. The third-order valence-electron chi connectivity index (χ3n) is 5.28. The van der Waals surface area contributed by atoms with Crippen LogP contribution in [-0.4, -0.2) is 32.7 Å². The molecule has 142 valence electrons. The number of nitrogens with one attached hydrogen (secondary N) is 1. The Bertz CT molecular complexity index is 1060. The Labute approximate surface area is 164 Å². The molecule has 3 aromatic rings. The maximum absolute atomic E-state index is 13.1. The van der Waals surface area contributed by atoms with Gasteiger partial charge in [0, 0.05) is 17.7 Å². The fourth-order valence-electron chi connectivity index (χ4n) is 4.06. The number of rotatable bonds is 4. The van der Waals surface area contributed by atoms with E-state index in [2.05, 4.69) is 16.8 Å². The number of nitrogens with zero attached hydrogens (tertiary/aromatic N) is 2. The second kappa shape index (κ2) is 6.68. The van der Waals surface area contributed by atoms with Crippen LogP contribution in [0.5, 0.6) is 5.75 Å². The first-order chi connectivity index (χ1) is 13.4. The highest BCUT2D eigenvalue weighted by Gasteiger charge is 2.42. The van der Waals surface area contributed by atoms with Crippen molar-refractivity contribution in [1.82, 2.24) is 15.1 Å². The van der Waals surface area contributed by atoms with E-state index in [0.717, 1.165) is 27.8 Å². The summed E-state index contributed by atoms with van der Waals surface area (Å²) in [5, 5.41) is 18.0. The Kier molecular flexibility index (Phi) is 4.30. The van der Waals surface area contributed by atoms with E-state index < -0.39 is 0 Å². The SMILES string of the molecule is C=CCN1C(=O)c2[nH]nc(-c3c(C)cc(C)cc3O)c2[C@@H]1c1ccc(C)cc1. The van der Waals surface area contributed by atoms with Gasteiger partial charge in [-0.3, -0.25) is 9.89 Å². The van der Waals surface area contributed by atoms with Crippen molar-refractivity contribution in [2.45, 2.75) is 26.8 Å². The van der Waals surface area contributed by atoms with Gasteiger partial charge in [-0.15, -0.1) is 6.58 Å². The number of amides is 1. The first-order valence-corrected chi connectivity index (χ1v) is 9.29. The monoisotopic (exact) mass is 373 g/mol. The maximum Gasteiger partial charge on any atom is 0.273 e. The van der Waals surface area contributed by atoms with Gasteiger partial charge in [0.1, 0.15) is 17.1 Å². The molecular formula is C23H23N3O2. The van der Waals surface area contributed by atoms with Crippen LogP contribution in [0.15, 0.2) is 49.1 Å². The third-order valence-corrected chi connectivity index (χ3v) is 5.28. The lowest BCUT2D eigenvalue weighted by Gasteiger charge is -2.25. The molecule has 0 fully saturated rings. The van der Waals surface area contributed by atoms with Crippen molar-refractivity contribution in [3.8, 4) is 17.0 Å². The van der Waals surface area contributed by atoms with Gasteiger partial charge < -0.3 is 10.0 Å². The number of hydrogen-bond acceptors (Lipinski definition) is 3. The van der Waals surface area contributed by atoms with Crippen LogP contribution in [0.4, 0.5) is 0 Å². The summed E-state index contributed by atoms with van der Waals surface area (Å²) in [6, 6.07) is 11.6. The molecule has 0 saturated heterocycles. The number of fused-ring (bicyclic) bond motifs is 1. The zero-order chi connectivity index (χ0) is 20.0. The zero-order valence-electron chi connectivity index (χ0n) is 16.3. The molecule has 2 aromatic carbocycles. The topological polar surface area (TPSA) is 69.2 Å². The van der Waals surface area contributed by atoms with Crippen LogP contribution in [0, 0.1) is 20.8 Å². The Morgan fingerprint density at radius 2 is 1.89 bits per heavy atom. The highest BCUT2D eigenvalue weighted by molar-refractivity contribution is 6.00. The van der Waals surface area contributed by atoms with Gasteiger partial charge in [-0.05, 0) is 43.5 Å². The van der Waals surface area contributed by atoms with Crippen LogP contribution in [0.1, 0.15) is 44.3 Å². The number of phenolic OH excluding ortho intramolecular Hbond substituents is 1. The summed E-state index contributed by atoms with van der Waals surface area (Å²) >= 11 is 0. The molecular weight excluding hydrogens is 350 g/mol. The first-order valence-electron chi connectivity index (χ1n) is 9.29. The molecule has 0 saturated carbocycles. The van der Waals surface area contributed by atoms with Crippen molar-refractivity contribution in [2.75, 3.05) is 6.54 Å². The highest BCUT2D eigenvalue weighted by atomic mass is 16.3. The van der Waals surface area contributed by atoms with Gasteiger partial charge in [0.2, 0.25) is 0 Å². The molecule has 2 heterocycles. The number of benzene rings is 2. The number of carbonyl (C=O) groups is 1. The van der Waals surface area contributed by atoms with Crippen LogP contribution >= 0.6 is 0 Å². The lowest BCUT2D eigenvalue weighted by atomic mass is 9.93. The number of aromatic nitrogens is 2. The number of aryl methyl sites for hydroxylation is 3. The predicted molar refractivity (Wildman–Crippen MR) is 109 cm³/mol. The molecule has 28 heavy (non-hydrogen) atoms. The number of phenols is 1. The molecule has 2 N–H and O–H groups in total. The second-order valence-electron chi connectivity index (χ2n) is 7.40. The molecule has 1 atom stereocenters. The third kappa shape index (κ3) is 2.71. The summed E-state index contributed by atoms with van der Waals surface area (Å²) in [7, 11) is 0. The lowest BCUT2D eigenvalue weighted by molar-refractivity contribution is 0.0764. The van der Waals surface area contributed by atoms with Gasteiger partial charge >= 0.3 is 0 Å². The van der Waals surface area contributed by atoms with Crippen molar-refractivity contribution >= 4 is 5.91 Å². The molecule has 1 aliphatic rings. The fourth-order valence-corrected chi connectivity index (χ4v) is 4.06. The minimum absolute atomic E-state index is 0.108. The lowest BCUT2D eigenvalue weighted by Crippen LogP contribution is -2.29. The number of aromatic amines is 1. The van der Waals surface area contributed by atoms with Crippen LogP contribution in [-0.2, 0) is 0 Å². The van der Waals surface area contributed by atoms with Crippen LogP contribution in [0.3, 0.4) is 0 Å². The van der Waals surface area contributed by atoms with Crippen molar-refractivity contribution < 1.29 is 9.90 Å². The minimum atomic E-state index is -0.282. The molecule has 1 aliphatic heterocycles. The molecule has 5 nitrogen and oxygen atoms in total. The van der Waals surface area contributed by atoms with E-state index in [9.17, 15) is 9.90 Å².